The summed E-state index contributed by atoms with van der Waals surface area (Å²) in [6.45, 7) is 4.22. The standard InChI is InChI=1S/C10H19NO/c1-10(12,8-2-3-8)9-4-6-11-7-5-9/h8-9,11-12H,2-7H2,1H3/t10-/m0/s1. The molecule has 1 heterocycles. The molecule has 0 aromatic heterocycles. The zero-order chi connectivity index (χ0) is 8.60. The van der Waals surface area contributed by atoms with Gasteiger partial charge in [-0.25, -0.2) is 0 Å². The van der Waals surface area contributed by atoms with E-state index in [0.29, 0.717) is 11.8 Å². The molecular weight excluding hydrogens is 150 g/mol. The van der Waals surface area contributed by atoms with Gasteiger partial charge in [0.25, 0.3) is 0 Å². The molecule has 2 fully saturated rings. The van der Waals surface area contributed by atoms with Crippen molar-refractivity contribution < 1.29 is 5.11 Å². The molecule has 1 aliphatic heterocycles. The van der Waals surface area contributed by atoms with Crippen molar-refractivity contribution in [1.82, 2.24) is 5.32 Å². The summed E-state index contributed by atoms with van der Waals surface area (Å²) >= 11 is 0. The van der Waals surface area contributed by atoms with Gasteiger partial charge in [-0.2, -0.15) is 0 Å². The normalized spacial score (nSPS) is 31.5. The van der Waals surface area contributed by atoms with Crippen molar-refractivity contribution >= 4 is 0 Å². The fourth-order valence-corrected chi connectivity index (χ4v) is 2.41. The Morgan fingerprint density at radius 1 is 1.08 bits per heavy atom. The van der Waals surface area contributed by atoms with E-state index < -0.39 is 0 Å². The summed E-state index contributed by atoms with van der Waals surface area (Å²) < 4.78 is 0. The van der Waals surface area contributed by atoms with E-state index in [0.717, 1.165) is 25.9 Å². The minimum absolute atomic E-state index is 0.359. The zero-order valence-electron chi connectivity index (χ0n) is 7.84. The van der Waals surface area contributed by atoms with Crippen molar-refractivity contribution in [3.63, 3.8) is 0 Å². The summed E-state index contributed by atoms with van der Waals surface area (Å²) in [5.41, 5.74) is -0.359. The van der Waals surface area contributed by atoms with Gasteiger partial charge < -0.3 is 10.4 Å². The van der Waals surface area contributed by atoms with E-state index in [4.69, 9.17) is 0 Å². The van der Waals surface area contributed by atoms with Crippen LogP contribution in [0.1, 0.15) is 32.6 Å². The molecule has 0 unspecified atom stereocenters. The quantitative estimate of drug-likeness (QED) is 0.650. The van der Waals surface area contributed by atoms with Gasteiger partial charge in [0.1, 0.15) is 0 Å². The number of nitrogens with one attached hydrogen (secondary N) is 1. The van der Waals surface area contributed by atoms with E-state index in [1.54, 1.807) is 0 Å². The Morgan fingerprint density at radius 3 is 2.08 bits per heavy atom. The molecule has 0 aromatic carbocycles. The molecule has 70 valence electrons. The fourth-order valence-electron chi connectivity index (χ4n) is 2.41. The molecule has 2 aliphatic rings. The Bertz CT molecular complexity index is 157. The molecule has 1 saturated carbocycles. The third kappa shape index (κ3) is 1.50. The predicted molar refractivity (Wildman–Crippen MR) is 48.9 cm³/mol. The largest absolute Gasteiger partial charge is 0.390 e. The van der Waals surface area contributed by atoms with Crippen molar-refractivity contribution in [3.05, 3.63) is 0 Å². The zero-order valence-corrected chi connectivity index (χ0v) is 7.84. The fraction of sp³-hybridized carbons (Fsp3) is 1.00. The SMILES string of the molecule is C[C@@](O)(C1CCNCC1)C1CC1. The molecule has 1 saturated heterocycles. The molecule has 0 amide bonds. The molecule has 2 heteroatoms. The van der Waals surface area contributed by atoms with Crippen LogP contribution in [-0.2, 0) is 0 Å². The molecule has 0 radical (unpaired) electrons. The van der Waals surface area contributed by atoms with E-state index >= 15 is 0 Å². The Balaban J connectivity index is 1.95. The first kappa shape index (κ1) is 8.52. The second-order valence-electron chi connectivity index (χ2n) is 4.52. The van der Waals surface area contributed by atoms with Gasteiger partial charge >= 0.3 is 0 Å². The van der Waals surface area contributed by atoms with E-state index in [9.17, 15) is 5.11 Å². The molecule has 1 atom stereocenters. The van der Waals surface area contributed by atoms with Crippen LogP contribution in [0.2, 0.25) is 0 Å². The third-order valence-electron chi connectivity index (χ3n) is 3.57. The summed E-state index contributed by atoms with van der Waals surface area (Å²) in [5.74, 6) is 1.16. The van der Waals surface area contributed by atoms with Crippen LogP contribution in [0.25, 0.3) is 0 Å². The van der Waals surface area contributed by atoms with Crippen molar-refractivity contribution in [2.75, 3.05) is 13.1 Å². The number of hydrogen-bond donors (Lipinski definition) is 2. The highest BCUT2D eigenvalue weighted by atomic mass is 16.3. The molecule has 0 spiro atoms. The average Bonchev–Trinajstić information content (AvgIpc) is 2.88. The summed E-state index contributed by atoms with van der Waals surface area (Å²) in [7, 11) is 0. The molecule has 2 nitrogen and oxygen atoms in total. The van der Waals surface area contributed by atoms with Crippen LogP contribution in [0.3, 0.4) is 0 Å². The van der Waals surface area contributed by atoms with E-state index in [1.165, 1.54) is 12.8 Å². The third-order valence-corrected chi connectivity index (χ3v) is 3.57. The van der Waals surface area contributed by atoms with Gasteiger partial charge in [-0.05, 0) is 57.5 Å². The second kappa shape index (κ2) is 3.00. The van der Waals surface area contributed by atoms with E-state index in [2.05, 4.69) is 5.32 Å². The van der Waals surface area contributed by atoms with E-state index in [1.807, 2.05) is 6.92 Å². The maximum Gasteiger partial charge on any atom is 0.0676 e. The van der Waals surface area contributed by atoms with Gasteiger partial charge in [0.2, 0.25) is 0 Å². The molecule has 12 heavy (non-hydrogen) atoms. The summed E-state index contributed by atoms with van der Waals surface area (Å²) in [6.07, 6.45) is 4.81. The van der Waals surface area contributed by atoms with Crippen molar-refractivity contribution in [2.45, 2.75) is 38.2 Å². The minimum atomic E-state index is -0.359. The smallest absolute Gasteiger partial charge is 0.0676 e. The summed E-state index contributed by atoms with van der Waals surface area (Å²) in [4.78, 5) is 0. The van der Waals surface area contributed by atoms with Crippen LogP contribution in [0.5, 0.6) is 0 Å². The first-order valence-electron chi connectivity index (χ1n) is 5.14. The van der Waals surface area contributed by atoms with Crippen molar-refractivity contribution in [1.29, 1.82) is 0 Å². The van der Waals surface area contributed by atoms with Gasteiger partial charge in [0.15, 0.2) is 0 Å². The Morgan fingerprint density at radius 2 is 1.58 bits per heavy atom. The van der Waals surface area contributed by atoms with Gasteiger partial charge in [-0.3, -0.25) is 0 Å². The lowest BCUT2D eigenvalue weighted by molar-refractivity contribution is -0.0331. The minimum Gasteiger partial charge on any atom is -0.390 e. The summed E-state index contributed by atoms with van der Waals surface area (Å²) in [6, 6.07) is 0. The molecule has 1 aliphatic carbocycles. The maximum absolute atomic E-state index is 10.3. The lowest BCUT2D eigenvalue weighted by Crippen LogP contribution is -2.43. The van der Waals surface area contributed by atoms with Gasteiger partial charge in [-0.15, -0.1) is 0 Å². The highest BCUT2D eigenvalue weighted by molar-refractivity contribution is 4.97. The highest BCUT2D eigenvalue weighted by Gasteiger charge is 2.45. The molecule has 0 bridgehead atoms. The number of hydrogen-bond acceptors (Lipinski definition) is 2. The van der Waals surface area contributed by atoms with E-state index in [-0.39, 0.29) is 5.60 Å². The van der Waals surface area contributed by atoms with Crippen LogP contribution in [0.15, 0.2) is 0 Å². The van der Waals surface area contributed by atoms with Crippen LogP contribution >= 0.6 is 0 Å². The van der Waals surface area contributed by atoms with Gasteiger partial charge in [-0.1, -0.05) is 0 Å². The van der Waals surface area contributed by atoms with Crippen LogP contribution in [0.4, 0.5) is 0 Å². The van der Waals surface area contributed by atoms with Crippen LogP contribution in [0, 0.1) is 11.8 Å². The Labute approximate surface area is 74.4 Å². The first-order chi connectivity index (χ1) is 5.71. The Kier molecular flexibility index (Phi) is 2.13. The van der Waals surface area contributed by atoms with Crippen LogP contribution in [-0.4, -0.2) is 23.8 Å². The topological polar surface area (TPSA) is 32.3 Å². The number of aliphatic hydroxyl groups is 1. The second-order valence-corrected chi connectivity index (χ2v) is 4.52. The van der Waals surface area contributed by atoms with Crippen molar-refractivity contribution in [2.24, 2.45) is 11.8 Å². The lowest BCUT2D eigenvalue weighted by atomic mass is 9.79. The monoisotopic (exact) mass is 169 g/mol. The molecule has 2 N–H and O–H groups in total. The Hall–Kier alpha value is -0.0800. The molecular formula is C10H19NO. The number of piperidine rings is 1. The van der Waals surface area contributed by atoms with Gasteiger partial charge in [0.05, 0.1) is 5.60 Å². The predicted octanol–water partition coefficient (Wildman–Crippen LogP) is 1.15. The lowest BCUT2D eigenvalue weighted by Gasteiger charge is -2.36. The highest BCUT2D eigenvalue weighted by Crippen LogP contribution is 2.45. The first-order valence-corrected chi connectivity index (χ1v) is 5.14. The molecule has 0 aromatic rings. The van der Waals surface area contributed by atoms with Crippen LogP contribution < -0.4 is 5.32 Å². The summed E-state index contributed by atoms with van der Waals surface area (Å²) in [5, 5.41) is 13.6. The maximum atomic E-state index is 10.3. The van der Waals surface area contributed by atoms with Gasteiger partial charge in [0, 0.05) is 0 Å². The molecule has 2 rings (SSSR count). The average molecular weight is 169 g/mol. The van der Waals surface area contributed by atoms with Crippen molar-refractivity contribution in [3.8, 4) is 0 Å². The number of rotatable bonds is 2.